The molecule has 4 heterocycles. The van der Waals surface area contributed by atoms with Gasteiger partial charge in [0.25, 0.3) is 11.7 Å². The van der Waals surface area contributed by atoms with Crippen molar-refractivity contribution < 1.29 is 14.3 Å². The van der Waals surface area contributed by atoms with Gasteiger partial charge in [0.15, 0.2) is 5.82 Å². The van der Waals surface area contributed by atoms with Crippen molar-refractivity contribution in [2.75, 3.05) is 33.3 Å². The first-order chi connectivity index (χ1) is 17.1. The van der Waals surface area contributed by atoms with Crippen molar-refractivity contribution in [3.05, 3.63) is 42.6 Å². The number of H-pyrrole nitrogens is 1. The molecule has 0 radical (unpaired) electrons. The van der Waals surface area contributed by atoms with Gasteiger partial charge in [-0.05, 0) is 18.8 Å². The number of ether oxygens (including phenoxy) is 1. The second kappa shape index (κ2) is 9.89. The molecule has 2 aliphatic rings. The summed E-state index contributed by atoms with van der Waals surface area (Å²) < 4.78 is 6.95. The van der Waals surface area contributed by atoms with Crippen molar-refractivity contribution in [2.24, 2.45) is 5.92 Å². The van der Waals surface area contributed by atoms with Crippen LogP contribution < -0.4 is 4.74 Å². The van der Waals surface area contributed by atoms with Crippen molar-refractivity contribution in [2.45, 2.75) is 38.5 Å². The average Bonchev–Trinajstić information content (AvgIpc) is 3.51. The highest BCUT2D eigenvalue weighted by Gasteiger charge is 2.31. The van der Waals surface area contributed by atoms with E-state index in [9.17, 15) is 9.59 Å². The topological polar surface area (TPSA) is 109 Å². The monoisotopic (exact) mass is 477 g/mol. The van der Waals surface area contributed by atoms with Crippen LogP contribution in [0.4, 0.5) is 0 Å². The maximum Gasteiger partial charge on any atom is 0.295 e. The zero-order valence-corrected chi connectivity index (χ0v) is 20.1. The van der Waals surface area contributed by atoms with Gasteiger partial charge in [0.2, 0.25) is 0 Å². The Morgan fingerprint density at radius 1 is 1.09 bits per heavy atom. The number of methoxy groups -OCH3 is 1. The predicted molar refractivity (Wildman–Crippen MR) is 130 cm³/mol. The Hall–Kier alpha value is -3.69. The lowest BCUT2D eigenvalue weighted by molar-refractivity contribution is -0.127. The van der Waals surface area contributed by atoms with Gasteiger partial charge in [-0.15, -0.1) is 5.10 Å². The number of aromatic amines is 1. The molecular weight excluding hydrogens is 446 g/mol. The normalized spacial score (nSPS) is 17.4. The molecule has 0 unspecified atom stereocenters. The Labute approximate surface area is 203 Å². The van der Waals surface area contributed by atoms with Gasteiger partial charge in [-0.3, -0.25) is 9.59 Å². The number of carbonyl (C=O) groups is 2. The molecule has 1 saturated heterocycles. The molecule has 1 N–H and O–H groups in total. The highest BCUT2D eigenvalue weighted by Crippen LogP contribution is 2.32. The van der Waals surface area contributed by atoms with Gasteiger partial charge in [-0.1, -0.05) is 37.5 Å². The van der Waals surface area contributed by atoms with Gasteiger partial charge in [-0.25, -0.2) is 9.67 Å². The first kappa shape index (κ1) is 23.1. The van der Waals surface area contributed by atoms with Gasteiger partial charge in [0.05, 0.1) is 42.2 Å². The van der Waals surface area contributed by atoms with Crippen LogP contribution in [-0.2, 0) is 4.79 Å². The summed E-state index contributed by atoms with van der Waals surface area (Å²) >= 11 is 0. The minimum Gasteiger partial charge on any atom is -0.494 e. The summed E-state index contributed by atoms with van der Waals surface area (Å²) in [6.07, 6.45) is 13.8. The van der Waals surface area contributed by atoms with Gasteiger partial charge >= 0.3 is 0 Å². The van der Waals surface area contributed by atoms with Crippen LogP contribution in [0.1, 0.15) is 48.9 Å². The van der Waals surface area contributed by atoms with E-state index >= 15 is 0 Å². The number of ketones is 1. The summed E-state index contributed by atoms with van der Waals surface area (Å²) in [7, 11) is 1.51. The fraction of sp³-hybridized carbons (Fsp3) is 0.480. The van der Waals surface area contributed by atoms with Crippen LogP contribution in [0, 0.1) is 5.92 Å². The summed E-state index contributed by atoms with van der Waals surface area (Å²) in [4.78, 5) is 38.0. The SMILES string of the molecule is C=C(C1CCCCCC1)N1CCN(C(=O)C(=O)c2c[nH]c3c(-n4ccnn4)ncc(OC)c23)CC1. The number of allylic oxidation sites excluding steroid dienone is 1. The number of hydrogen-bond donors (Lipinski definition) is 1. The third-order valence-electron chi connectivity index (χ3n) is 7.25. The van der Waals surface area contributed by atoms with Crippen LogP contribution >= 0.6 is 0 Å². The number of nitrogens with zero attached hydrogens (tertiary/aromatic N) is 6. The molecule has 184 valence electrons. The molecule has 0 atom stereocenters. The minimum absolute atomic E-state index is 0.260. The summed E-state index contributed by atoms with van der Waals surface area (Å²) in [5.74, 6) is 0.335. The molecule has 0 spiro atoms. The highest BCUT2D eigenvalue weighted by molar-refractivity contribution is 6.45. The van der Waals surface area contributed by atoms with E-state index in [1.165, 1.54) is 62.2 Å². The van der Waals surface area contributed by atoms with E-state index < -0.39 is 11.7 Å². The Balaban J connectivity index is 1.31. The average molecular weight is 478 g/mol. The second-order valence-electron chi connectivity index (χ2n) is 9.24. The van der Waals surface area contributed by atoms with E-state index in [-0.39, 0.29) is 5.56 Å². The summed E-state index contributed by atoms with van der Waals surface area (Å²) in [5.41, 5.74) is 2.01. The maximum atomic E-state index is 13.3. The van der Waals surface area contributed by atoms with Crippen molar-refractivity contribution in [3.8, 4) is 11.6 Å². The van der Waals surface area contributed by atoms with Gasteiger partial charge in [0, 0.05) is 38.1 Å². The quantitative estimate of drug-likeness (QED) is 0.330. The summed E-state index contributed by atoms with van der Waals surface area (Å²) in [5, 5.41) is 8.31. The van der Waals surface area contributed by atoms with Gasteiger partial charge in [-0.2, -0.15) is 0 Å². The molecule has 5 rings (SSSR count). The molecule has 3 aromatic rings. The molecule has 35 heavy (non-hydrogen) atoms. The fourth-order valence-corrected chi connectivity index (χ4v) is 5.26. The van der Waals surface area contributed by atoms with Crippen LogP contribution in [0.2, 0.25) is 0 Å². The molecule has 1 aliphatic carbocycles. The molecule has 3 aromatic heterocycles. The van der Waals surface area contributed by atoms with Crippen LogP contribution in [0.15, 0.2) is 37.1 Å². The Kier molecular flexibility index (Phi) is 6.52. The number of nitrogens with one attached hydrogen (secondary N) is 1. The van der Waals surface area contributed by atoms with E-state index in [1.807, 2.05) is 0 Å². The largest absolute Gasteiger partial charge is 0.494 e. The number of aromatic nitrogens is 5. The van der Waals surface area contributed by atoms with Crippen molar-refractivity contribution >= 4 is 22.6 Å². The lowest BCUT2D eigenvalue weighted by Gasteiger charge is -2.39. The van der Waals surface area contributed by atoms with Crippen molar-refractivity contribution in [1.29, 1.82) is 0 Å². The Morgan fingerprint density at radius 3 is 2.46 bits per heavy atom. The molecule has 1 aliphatic heterocycles. The molecule has 1 amide bonds. The van der Waals surface area contributed by atoms with Crippen molar-refractivity contribution in [3.63, 3.8) is 0 Å². The number of piperazine rings is 1. The number of amides is 1. The van der Waals surface area contributed by atoms with Crippen molar-refractivity contribution in [1.82, 2.24) is 34.8 Å². The molecular formula is C25H31N7O3. The number of hydrogen-bond acceptors (Lipinski definition) is 7. The second-order valence-corrected chi connectivity index (χ2v) is 9.24. The van der Waals surface area contributed by atoms with Gasteiger partial charge < -0.3 is 19.5 Å². The number of carbonyl (C=O) groups excluding carboxylic acids is 2. The number of rotatable bonds is 6. The first-order valence-electron chi connectivity index (χ1n) is 12.3. The van der Waals surface area contributed by atoms with Crippen LogP contribution in [-0.4, -0.2) is 79.7 Å². The Bertz CT molecular complexity index is 1220. The molecule has 1 saturated carbocycles. The summed E-state index contributed by atoms with van der Waals surface area (Å²) in [6, 6.07) is 0. The molecule has 10 heteroatoms. The predicted octanol–water partition coefficient (Wildman–Crippen LogP) is 2.96. The third-order valence-corrected chi connectivity index (χ3v) is 7.25. The zero-order valence-electron chi connectivity index (χ0n) is 20.1. The number of Topliss-reactive ketones (excluding diaryl/α,β-unsaturated/α-hetero) is 1. The van der Waals surface area contributed by atoms with E-state index in [0.29, 0.717) is 54.6 Å². The van der Waals surface area contributed by atoms with Crippen LogP contribution in [0.5, 0.6) is 5.75 Å². The molecule has 0 aromatic carbocycles. The lowest BCUT2D eigenvalue weighted by Crippen LogP contribution is -2.50. The third kappa shape index (κ3) is 4.40. The summed E-state index contributed by atoms with van der Waals surface area (Å²) in [6.45, 7) is 6.80. The minimum atomic E-state index is -0.568. The molecule has 0 bridgehead atoms. The van der Waals surface area contributed by atoms with E-state index in [2.05, 4.69) is 31.8 Å². The van der Waals surface area contributed by atoms with Crippen LogP contribution in [0.25, 0.3) is 16.7 Å². The fourth-order valence-electron chi connectivity index (χ4n) is 5.26. The number of fused-ring (bicyclic) bond motifs is 1. The van der Waals surface area contributed by atoms with E-state index in [4.69, 9.17) is 4.74 Å². The first-order valence-corrected chi connectivity index (χ1v) is 12.3. The zero-order chi connectivity index (χ0) is 24.4. The number of pyridine rings is 1. The highest BCUT2D eigenvalue weighted by atomic mass is 16.5. The Morgan fingerprint density at radius 2 is 1.80 bits per heavy atom. The van der Waals surface area contributed by atoms with Crippen LogP contribution in [0.3, 0.4) is 0 Å². The van der Waals surface area contributed by atoms with Gasteiger partial charge in [0.1, 0.15) is 5.75 Å². The maximum absolute atomic E-state index is 13.3. The van der Waals surface area contributed by atoms with E-state index in [0.717, 1.165) is 0 Å². The smallest absolute Gasteiger partial charge is 0.295 e. The lowest BCUT2D eigenvalue weighted by atomic mass is 9.96. The molecule has 10 nitrogen and oxygen atoms in total. The van der Waals surface area contributed by atoms with E-state index in [1.54, 1.807) is 23.5 Å². The molecule has 2 fully saturated rings. The standard InChI is InChI=1S/C25H31N7O3/c1-17(18-7-5-3-4-6-8-18)30-11-13-31(14-12-30)25(34)23(33)19-15-26-22-21(19)20(35-2)16-27-24(22)32-10-9-28-29-32/h9-10,15-16,18,26H,1,3-8,11-14H2,2H3.